The molecule has 1 aliphatic heterocycles. The van der Waals surface area contributed by atoms with E-state index in [0.717, 1.165) is 11.1 Å². The van der Waals surface area contributed by atoms with E-state index in [1.54, 1.807) is 31.2 Å². The number of pyridine rings is 1. The van der Waals surface area contributed by atoms with Crippen LogP contribution in [0.5, 0.6) is 0 Å². The fraction of sp³-hybridized carbons (Fsp3) is 0.368. The highest BCUT2D eigenvalue weighted by molar-refractivity contribution is 7.89. The number of nitrogen functional groups attached to an aromatic ring is 1. The fourth-order valence-electron chi connectivity index (χ4n) is 3.31. The summed E-state index contributed by atoms with van der Waals surface area (Å²) in [5.41, 5.74) is 7.89. The number of benzene rings is 1. The topological polar surface area (TPSA) is 105 Å². The number of sulfonamides is 1. The third-order valence-corrected chi connectivity index (χ3v) is 6.89. The van der Waals surface area contributed by atoms with Gasteiger partial charge in [-0.05, 0) is 50.5 Å². The Balaban J connectivity index is 0.00000280. The maximum absolute atomic E-state index is 12.9. The van der Waals surface area contributed by atoms with Crippen LogP contribution in [-0.4, -0.2) is 36.7 Å². The number of rotatable bonds is 4. The molecular formula is C19H25ClN4O3S. The Morgan fingerprint density at radius 2 is 1.86 bits per heavy atom. The molecule has 1 aromatic carbocycles. The zero-order valence-electron chi connectivity index (χ0n) is 15.9. The van der Waals surface area contributed by atoms with Crippen LogP contribution in [0.25, 0.3) is 0 Å². The van der Waals surface area contributed by atoms with Gasteiger partial charge in [0.2, 0.25) is 15.9 Å². The fourth-order valence-corrected chi connectivity index (χ4v) is 4.99. The number of aryl methyl sites for hydroxylation is 2. The largest absolute Gasteiger partial charge is 0.384 e. The van der Waals surface area contributed by atoms with Crippen molar-refractivity contribution in [1.82, 2.24) is 9.29 Å². The van der Waals surface area contributed by atoms with Gasteiger partial charge in [-0.25, -0.2) is 13.4 Å². The molecule has 2 aromatic rings. The first-order valence-corrected chi connectivity index (χ1v) is 10.3. The van der Waals surface area contributed by atoms with Gasteiger partial charge in [0.15, 0.2) is 0 Å². The molecule has 0 saturated carbocycles. The number of hydrogen-bond donors (Lipinski definition) is 2. The molecule has 0 unspecified atom stereocenters. The van der Waals surface area contributed by atoms with Crippen LogP contribution in [-0.2, 0) is 14.8 Å². The van der Waals surface area contributed by atoms with Crippen molar-refractivity contribution in [3.05, 3.63) is 47.7 Å². The highest BCUT2D eigenvalue weighted by Gasteiger charge is 2.32. The average Bonchev–Trinajstić information content (AvgIpc) is 2.63. The molecule has 3 N–H and O–H groups in total. The van der Waals surface area contributed by atoms with Gasteiger partial charge in [0.25, 0.3) is 0 Å². The highest BCUT2D eigenvalue weighted by Crippen LogP contribution is 2.27. The number of amides is 1. The first-order chi connectivity index (χ1) is 12.8. The average molecular weight is 425 g/mol. The van der Waals surface area contributed by atoms with Crippen molar-refractivity contribution < 1.29 is 13.2 Å². The molecule has 0 spiro atoms. The molecule has 0 radical (unpaired) electrons. The van der Waals surface area contributed by atoms with Crippen LogP contribution in [0.15, 0.2) is 41.4 Å². The monoisotopic (exact) mass is 424 g/mol. The van der Waals surface area contributed by atoms with Crippen molar-refractivity contribution in [3.63, 3.8) is 0 Å². The van der Waals surface area contributed by atoms with Crippen molar-refractivity contribution in [1.29, 1.82) is 0 Å². The van der Waals surface area contributed by atoms with Crippen molar-refractivity contribution in [2.24, 2.45) is 5.92 Å². The van der Waals surface area contributed by atoms with Crippen LogP contribution in [0.1, 0.15) is 24.0 Å². The van der Waals surface area contributed by atoms with Gasteiger partial charge in [0.05, 0.1) is 16.8 Å². The van der Waals surface area contributed by atoms with Crippen LogP contribution in [0.4, 0.5) is 11.5 Å². The van der Waals surface area contributed by atoms with Crippen LogP contribution < -0.4 is 11.1 Å². The lowest BCUT2D eigenvalue weighted by Gasteiger charge is -2.31. The Kier molecular flexibility index (Phi) is 7.03. The van der Waals surface area contributed by atoms with Crippen LogP contribution >= 0.6 is 12.4 Å². The van der Waals surface area contributed by atoms with Crippen molar-refractivity contribution in [2.75, 3.05) is 24.1 Å². The predicted octanol–water partition coefficient (Wildman–Crippen LogP) is 2.74. The van der Waals surface area contributed by atoms with E-state index in [1.165, 1.54) is 10.5 Å². The molecule has 1 aromatic heterocycles. The van der Waals surface area contributed by atoms with E-state index in [4.69, 9.17) is 5.73 Å². The molecule has 28 heavy (non-hydrogen) atoms. The summed E-state index contributed by atoms with van der Waals surface area (Å²) in [5.74, 6) is 0.0381. The van der Waals surface area contributed by atoms with E-state index >= 15 is 0 Å². The Bertz CT molecular complexity index is 940. The van der Waals surface area contributed by atoms with Gasteiger partial charge in [0.1, 0.15) is 5.82 Å². The number of carbonyl (C=O) groups excluding carboxylic acids is 1. The third-order valence-electron chi connectivity index (χ3n) is 4.83. The Labute approximate surface area is 171 Å². The SMILES string of the molecule is Cc1ccc(S(=O)(=O)N2CCC(C(=O)Nc3ccc(N)nc3)CC2)c(C)c1.Cl. The first-order valence-electron chi connectivity index (χ1n) is 8.87. The molecule has 1 saturated heterocycles. The minimum atomic E-state index is -3.54. The van der Waals surface area contributed by atoms with E-state index in [0.29, 0.717) is 42.3 Å². The van der Waals surface area contributed by atoms with Gasteiger partial charge in [-0.15, -0.1) is 12.4 Å². The summed E-state index contributed by atoms with van der Waals surface area (Å²) in [5, 5.41) is 2.81. The quantitative estimate of drug-likeness (QED) is 0.784. The molecule has 0 atom stereocenters. The van der Waals surface area contributed by atoms with E-state index in [9.17, 15) is 13.2 Å². The molecule has 2 heterocycles. The molecule has 9 heteroatoms. The molecule has 1 fully saturated rings. The lowest BCUT2D eigenvalue weighted by molar-refractivity contribution is -0.120. The van der Waals surface area contributed by atoms with Crippen molar-refractivity contribution in [3.8, 4) is 0 Å². The molecule has 3 rings (SSSR count). The third kappa shape index (κ3) is 4.81. The number of aromatic nitrogens is 1. The Morgan fingerprint density at radius 1 is 1.18 bits per heavy atom. The highest BCUT2D eigenvalue weighted by atomic mass is 35.5. The normalized spacial score (nSPS) is 15.6. The van der Waals surface area contributed by atoms with Gasteiger partial charge >= 0.3 is 0 Å². The Morgan fingerprint density at radius 3 is 2.43 bits per heavy atom. The van der Waals surface area contributed by atoms with Crippen LogP contribution in [0.3, 0.4) is 0 Å². The molecular weight excluding hydrogens is 400 g/mol. The Hall–Kier alpha value is -2.16. The summed E-state index contributed by atoms with van der Waals surface area (Å²) in [6.45, 7) is 4.40. The van der Waals surface area contributed by atoms with Crippen LogP contribution in [0.2, 0.25) is 0 Å². The lowest BCUT2D eigenvalue weighted by atomic mass is 9.97. The van der Waals surface area contributed by atoms with Crippen LogP contribution in [0, 0.1) is 19.8 Å². The number of nitrogens with two attached hydrogens (primary N) is 1. The minimum Gasteiger partial charge on any atom is -0.384 e. The van der Waals surface area contributed by atoms with E-state index in [-0.39, 0.29) is 24.2 Å². The molecule has 0 aliphatic carbocycles. The van der Waals surface area contributed by atoms with E-state index in [1.807, 2.05) is 13.0 Å². The number of hydrogen-bond acceptors (Lipinski definition) is 5. The number of nitrogens with one attached hydrogen (secondary N) is 1. The van der Waals surface area contributed by atoms with Crippen molar-refractivity contribution in [2.45, 2.75) is 31.6 Å². The minimum absolute atomic E-state index is 0. The van der Waals surface area contributed by atoms with E-state index in [2.05, 4.69) is 10.3 Å². The summed E-state index contributed by atoms with van der Waals surface area (Å²) >= 11 is 0. The molecule has 152 valence electrons. The zero-order valence-corrected chi connectivity index (χ0v) is 17.5. The number of carbonyl (C=O) groups is 1. The second-order valence-electron chi connectivity index (χ2n) is 6.91. The van der Waals surface area contributed by atoms with Gasteiger partial charge in [-0.1, -0.05) is 17.7 Å². The maximum Gasteiger partial charge on any atom is 0.243 e. The maximum atomic E-state index is 12.9. The molecule has 1 amide bonds. The zero-order chi connectivity index (χ0) is 19.6. The smallest absolute Gasteiger partial charge is 0.243 e. The predicted molar refractivity (Wildman–Crippen MR) is 112 cm³/mol. The van der Waals surface area contributed by atoms with Gasteiger partial charge < -0.3 is 11.1 Å². The standard InChI is InChI=1S/C19H24N4O3S.ClH/c1-13-3-5-17(14(2)11-13)27(25,26)23-9-7-15(8-10-23)19(24)22-16-4-6-18(20)21-12-16;/h3-6,11-12,15H,7-10H2,1-2H3,(H2,20,21)(H,22,24);1H. The van der Waals surface area contributed by atoms with E-state index < -0.39 is 10.0 Å². The molecule has 7 nitrogen and oxygen atoms in total. The van der Waals surface area contributed by atoms with Crippen molar-refractivity contribution >= 4 is 39.8 Å². The summed E-state index contributed by atoms with van der Waals surface area (Å²) in [6, 6.07) is 8.65. The second kappa shape index (κ2) is 8.89. The number of piperidine rings is 1. The number of nitrogens with zero attached hydrogens (tertiary/aromatic N) is 2. The second-order valence-corrected chi connectivity index (χ2v) is 8.81. The molecule has 0 bridgehead atoms. The van der Waals surface area contributed by atoms with Gasteiger partial charge in [-0.2, -0.15) is 4.31 Å². The first kappa shape index (κ1) is 22.1. The summed E-state index contributed by atoms with van der Waals surface area (Å²) in [6.07, 6.45) is 2.48. The lowest BCUT2D eigenvalue weighted by Crippen LogP contribution is -2.41. The summed E-state index contributed by atoms with van der Waals surface area (Å²) in [7, 11) is -3.54. The number of halogens is 1. The van der Waals surface area contributed by atoms with Gasteiger partial charge in [-0.3, -0.25) is 4.79 Å². The van der Waals surface area contributed by atoms with Gasteiger partial charge in [0, 0.05) is 19.0 Å². The summed E-state index contributed by atoms with van der Waals surface area (Å²) in [4.78, 5) is 16.7. The number of anilines is 2. The molecule has 1 aliphatic rings. The summed E-state index contributed by atoms with van der Waals surface area (Å²) < 4.78 is 27.3.